The maximum Gasteiger partial charge on any atom is 0.260 e. The van der Waals surface area contributed by atoms with Crippen LogP contribution in [0.4, 0.5) is 5.82 Å². The maximum absolute atomic E-state index is 13.3. The van der Waals surface area contributed by atoms with Gasteiger partial charge in [0.1, 0.15) is 11.9 Å². The number of pyridine rings is 2. The summed E-state index contributed by atoms with van der Waals surface area (Å²) in [5.41, 5.74) is 1.53. The van der Waals surface area contributed by atoms with Crippen LogP contribution in [0.15, 0.2) is 73.1 Å². The first kappa shape index (κ1) is 18.1. The number of anilines is 1. The zero-order valence-corrected chi connectivity index (χ0v) is 15.4. The van der Waals surface area contributed by atoms with Crippen molar-refractivity contribution in [3.8, 4) is 5.88 Å². The van der Waals surface area contributed by atoms with Crippen molar-refractivity contribution in [1.82, 2.24) is 9.97 Å². The van der Waals surface area contributed by atoms with Crippen LogP contribution in [0.5, 0.6) is 5.88 Å². The molecule has 1 saturated heterocycles. The molecule has 1 amide bonds. The third kappa shape index (κ3) is 4.35. The summed E-state index contributed by atoms with van der Waals surface area (Å²) in [7, 11) is 0. The highest BCUT2D eigenvalue weighted by atomic mass is 16.5. The van der Waals surface area contributed by atoms with Crippen molar-refractivity contribution >= 4 is 11.7 Å². The van der Waals surface area contributed by atoms with Gasteiger partial charge in [-0.1, -0.05) is 36.4 Å². The van der Waals surface area contributed by atoms with Gasteiger partial charge < -0.3 is 9.47 Å². The number of hydrogen-bond acceptors (Lipinski definition) is 5. The fraction of sp³-hybridized carbons (Fsp3) is 0.227. The Balaban J connectivity index is 1.59. The Hall–Kier alpha value is -3.25. The second-order valence-electron chi connectivity index (χ2n) is 6.55. The molecule has 28 heavy (non-hydrogen) atoms. The van der Waals surface area contributed by atoms with Gasteiger partial charge in [0.25, 0.3) is 5.91 Å². The lowest BCUT2D eigenvalue weighted by atomic mass is 10.1. The molecule has 142 valence electrons. The molecule has 1 fully saturated rings. The molecule has 1 aliphatic heterocycles. The van der Waals surface area contributed by atoms with Crippen LogP contribution < -0.4 is 9.64 Å². The minimum absolute atomic E-state index is 0.0194. The first-order valence-corrected chi connectivity index (χ1v) is 9.27. The Kier molecular flexibility index (Phi) is 5.58. The van der Waals surface area contributed by atoms with E-state index in [2.05, 4.69) is 9.97 Å². The van der Waals surface area contributed by atoms with E-state index in [1.807, 2.05) is 48.5 Å². The van der Waals surface area contributed by atoms with E-state index in [1.165, 1.54) is 0 Å². The lowest BCUT2D eigenvalue weighted by Gasteiger charge is -2.22. The number of ether oxygens (including phenoxy) is 2. The quantitative estimate of drug-likeness (QED) is 0.660. The summed E-state index contributed by atoms with van der Waals surface area (Å²) in [4.78, 5) is 23.6. The molecule has 1 atom stereocenters. The first-order valence-electron chi connectivity index (χ1n) is 9.27. The van der Waals surface area contributed by atoms with E-state index >= 15 is 0 Å². The Bertz CT molecular complexity index is 913. The zero-order valence-electron chi connectivity index (χ0n) is 15.4. The van der Waals surface area contributed by atoms with Crippen molar-refractivity contribution in [1.29, 1.82) is 0 Å². The Morgan fingerprint density at radius 2 is 1.93 bits per heavy atom. The highest BCUT2D eigenvalue weighted by Gasteiger charge is 2.22. The van der Waals surface area contributed by atoms with E-state index in [-0.39, 0.29) is 12.0 Å². The number of aromatic nitrogens is 2. The molecule has 1 aliphatic rings. The van der Waals surface area contributed by atoms with Crippen molar-refractivity contribution in [2.75, 3.05) is 18.1 Å². The number of rotatable bonds is 6. The zero-order chi connectivity index (χ0) is 19.2. The number of hydrogen-bond donors (Lipinski definition) is 0. The van der Waals surface area contributed by atoms with Crippen molar-refractivity contribution in [3.05, 3.63) is 84.2 Å². The van der Waals surface area contributed by atoms with Crippen molar-refractivity contribution in [2.24, 2.45) is 0 Å². The summed E-state index contributed by atoms with van der Waals surface area (Å²) in [5.74, 6) is 0.874. The normalized spacial score (nSPS) is 15.9. The van der Waals surface area contributed by atoms with Gasteiger partial charge in [0.05, 0.1) is 19.8 Å². The van der Waals surface area contributed by atoms with Crippen molar-refractivity contribution in [2.45, 2.75) is 19.1 Å². The summed E-state index contributed by atoms with van der Waals surface area (Å²) < 4.78 is 11.2. The molecule has 6 nitrogen and oxygen atoms in total. The Morgan fingerprint density at radius 1 is 1.07 bits per heavy atom. The molecule has 3 heterocycles. The van der Waals surface area contributed by atoms with Gasteiger partial charge in [-0.3, -0.25) is 9.69 Å². The van der Waals surface area contributed by atoms with E-state index in [1.54, 1.807) is 29.4 Å². The average Bonchev–Trinajstić information content (AvgIpc) is 3.26. The first-order chi connectivity index (χ1) is 13.8. The standard InChI is InChI=1S/C22H21N3O3/c26-22(18-9-12-24-21(14-18)28-19-10-13-27-16-19)25(20-8-4-5-11-23-20)15-17-6-2-1-3-7-17/h1-9,11-12,14,19H,10,13,15-16H2/t19-/m1/s1. The molecular weight excluding hydrogens is 354 g/mol. The number of nitrogens with zero attached hydrogens (tertiary/aromatic N) is 3. The average molecular weight is 375 g/mol. The third-order valence-electron chi connectivity index (χ3n) is 4.51. The maximum atomic E-state index is 13.3. The van der Waals surface area contributed by atoms with Crippen LogP contribution in [0, 0.1) is 0 Å². The topological polar surface area (TPSA) is 64.6 Å². The second-order valence-corrected chi connectivity index (χ2v) is 6.55. The molecule has 2 aromatic heterocycles. The predicted molar refractivity (Wildman–Crippen MR) is 105 cm³/mol. The van der Waals surface area contributed by atoms with Gasteiger partial charge in [0.2, 0.25) is 5.88 Å². The van der Waals surface area contributed by atoms with Gasteiger partial charge in [-0.25, -0.2) is 9.97 Å². The van der Waals surface area contributed by atoms with E-state index in [0.717, 1.165) is 12.0 Å². The highest BCUT2D eigenvalue weighted by molar-refractivity contribution is 6.05. The van der Waals surface area contributed by atoms with Crippen molar-refractivity contribution in [3.63, 3.8) is 0 Å². The molecule has 1 aromatic carbocycles. The molecule has 3 aromatic rings. The predicted octanol–water partition coefficient (Wildman–Crippen LogP) is 3.49. The van der Waals surface area contributed by atoms with E-state index in [0.29, 0.717) is 37.0 Å². The molecule has 0 aliphatic carbocycles. The lowest BCUT2D eigenvalue weighted by Crippen LogP contribution is -2.31. The van der Waals surface area contributed by atoms with Crippen LogP contribution in [0.2, 0.25) is 0 Å². The molecule has 0 spiro atoms. The van der Waals surface area contributed by atoms with Gasteiger partial charge in [-0.05, 0) is 23.8 Å². The van der Waals surface area contributed by atoms with Crippen LogP contribution in [0.3, 0.4) is 0 Å². The van der Waals surface area contributed by atoms with E-state index < -0.39 is 0 Å². The molecule has 0 unspecified atom stereocenters. The molecule has 4 rings (SSSR count). The number of amides is 1. The summed E-state index contributed by atoms with van der Waals surface area (Å²) in [6.07, 6.45) is 4.08. The minimum atomic E-state index is -0.155. The second kappa shape index (κ2) is 8.63. The lowest BCUT2D eigenvalue weighted by molar-refractivity contribution is 0.0982. The van der Waals surface area contributed by atoms with Gasteiger partial charge >= 0.3 is 0 Å². The van der Waals surface area contributed by atoms with Crippen LogP contribution in [0.1, 0.15) is 22.3 Å². The molecule has 6 heteroatoms. The Labute approximate surface area is 163 Å². The third-order valence-corrected chi connectivity index (χ3v) is 4.51. The monoisotopic (exact) mass is 375 g/mol. The van der Waals surface area contributed by atoms with Gasteiger partial charge in [0, 0.05) is 30.4 Å². The van der Waals surface area contributed by atoms with Crippen LogP contribution in [0.25, 0.3) is 0 Å². The summed E-state index contributed by atoms with van der Waals surface area (Å²) >= 11 is 0. The molecule has 0 bridgehead atoms. The fourth-order valence-electron chi connectivity index (χ4n) is 3.08. The summed E-state index contributed by atoms with van der Waals surface area (Å²) in [6.45, 7) is 1.66. The molecule has 0 saturated carbocycles. The van der Waals surface area contributed by atoms with Gasteiger partial charge in [-0.2, -0.15) is 0 Å². The fourth-order valence-corrected chi connectivity index (χ4v) is 3.08. The molecule has 0 N–H and O–H groups in total. The minimum Gasteiger partial charge on any atom is -0.472 e. The van der Waals surface area contributed by atoms with Gasteiger partial charge in [0.15, 0.2) is 0 Å². The largest absolute Gasteiger partial charge is 0.472 e. The van der Waals surface area contributed by atoms with E-state index in [9.17, 15) is 4.79 Å². The number of benzene rings is 1. The van der Waals surface area contributed by atoms with Crippen LogP contribution in [-0.2, 0) is 11.3 Å². The number of carbonyl (C=O) groups excluding carboxylic acids is 1. The molecule has 0 radical (unpaired) electrons. The SMILES string of the molecule is O=C(c1ccnc(O[C@@H]2CCOC2)c1)N(Cc1ccccc1)c1ccccn1. The molecular formula is C22H21N3O3. The van der Waals surface area contributed by atoms with Gasteiger partial charge in [-0.15, -0.1) is 0 Å². The highest BCUT2D eigenvalue weighted by Crippen LogP contribution is 2.21. The van der Waals surface area contributed by atoms with Crippen molar-refractivity contribution < 1.29 is 14.3 Å². The number of carbonyl (C=O) groups is 1. The summed E-state index contributed by atoms with van der Waals surface area (Å²) in [6, 6.07) is 18.8. The van der Waals surface area contributed by atoms with Crippen LogP contribution in [-0.4, -0.2) is 35.2 Å². The summed E-state index contributed by atoms with van der Waals surface area (Å²) in [5, 5.41) is 0. The van der Waals surface area contributed by atoms with E-state index in [4.69, 9.17) is 9.47 Å². The van der Waals surface area contributed by atoms with Crippen LogP contribution >= 0.6 is 0 Å². The Morgan fingerprint density at radius 3 is 2.68 bits per heavy atom. The smallest absolute Gasteiger partial charge is 0.260 e.